The minimum atomic E-state index is -0.0302. The molecule has 4 aromatic carbocycles. The predicted octanol–water partition coefficient (Wildman–Crippen LogP) is 7.63. The largest absolute Gasteiger partial charge is 0.404 e. The lowest BCUT2D eigenvalue weighted by Gasteiger charge is -2.23. The number of allylic oxidation sites excluding steroid dienone is 4. The van der Waals surface area contributed by atoms with Gasteiger partial charge in [-0.05, 0) is 65.6 Å². The molecule has 4 heteroatoms. The summed E-state index contributed by atoms with van der Waals surface area (Å²) >= 11 is 0. The summed E-state index contributed by atoms with van der Waals surface area (Å²) in [4.78, 5) is 0. The van der Waals surface area contributed by atoms with Gasteiger partial charge in [-0.1, -0.05) is 84.9 Å². The number of hydrogen-bond donors (Lipinski definition) is 2. The Bertz CT molecular complexity index is 1850. The fourth-order valence-corrected chi connectivity index (χ4v) is 5.28. The molecular weight excluding hydrogens is 476 g/mol. The molecule has 1 atom stereocenters. The van der Waals surface area contributed by atoms with E-state index in [0.29, 0.717) is 5.57 Å². The van der Waals surface area contributed by atoms with Crippen molar-refractivity contribution in [2.45, 2.75) is 13.0 Å². The molecule has 39 heavy (non-hydrogen) atoms. The van der Waals surface area contributed by atoms with Crippen molar-refractivity contribution in [3.8, 4) is 22.9 Å². The van der Waals surface area contributed by atoms with Gasteiger partial charge in [0.2, 0.25) is 0 Å². The molecular formula is C35H28N4. The first-order valence-electron chi connectivity index (χ1n) is 13.0. The molecule has 0 radical (unpaired) electrons. The van der Waals surface area contributed by atoms with E-state index in [2.05, 4.69) is 125 Å². The molecule has 6 rings (SSSR count). The zero-order valence-electron chi connectivity index (χ0n) is 21.7. The average molecular weight is 505 g/mol. The fourth-order valence-electron chi connectivity index (χ4n) is 5.28. The number of dihydropyridines is 1. The van der Waals surface area contributed by atoms with E-state index in [1.54, 1.807) is 0 Å². The third kappa shape index (κ3) is 4.52. The third-order valence-corrected chi connectivity index (χ3v) is 7.26. The number of rotatable bonds is 5. The number of aromatic nitrogens is 1. The van der Waals surface area contributed by atoms with E-state index in [1.807, 2.05) is 19.1 Å². The normalized spacial score (nSPS) is 15.7. The highest BCUT2D eigenvalue weighted by atomic mass is 15.0. The SMILES string of the molecule is C/C(=C\C(C#N)=C/N)C1C=CC=C(c2ccc3c4ccc(-c5ccccc5)cc4n(-c4ccccc4)c3c2)N1. The summed E-state index contributed by atoms with van der Waals surface area (Å²) in [7, 11) is 0. The lowest BCUT2D eigenvalue weighted by molar-refractivity contribution is 0.801. The van der Waals surface area contributed by atoms with E-state index in [4.69, 9.17) is 5.73 Å². The first-order chi connectivity index (χ1) is 19.2. The molecule has 1 aromatic heterocycles. The van der Waals surface area contributed by atoms with E-state index in [0.717, 1.165) is 28.0 Å². The number of benzene rings is 4. The molecule has 0 saturated heterocycles. The Morgan fingerprint density at radius 1 is 0.846 bits per heavy atom. The van der Waals surface area contributed by atoms with Gasteiger partial charge in [0.25, 0.3) is 0 Å². The van der Waals surface area contributed by atoms with Crippen molar-refractivity contribution >= 4 is 27.5 Å². The molecule has 1 unspecified atom stereocenters. The van der Waals surface area contributed by atoms with Crippen LogP contribution in [-0.4, -0.2) is 10.6 Å². The Hall–Kier alpha value is -5.27. The predicted molar refractivity (Wildman–Crippen MR) is 162 cm³/mol. The highest BCUT2D eigenvalue weighted by Crippen LogP contribution is 2.36. The number of hydrogen-bond acceptors (Lipinski definition) is 3. The van der Waals surface area contributed by atoms with Crippen LogP contribution in [0.25, 0.3) is 44.3 Å². The van der Waals surface area contributed by atoms with Gasteiger partial charge in [0, 0.05) is 28.4 Å². The van der Waals surface area contributed by atoms with Crippen LogP contribution >= 0.6 is 0 Å². The Labute approximate surface area is 228 Å². The number of nitrogens with one attached hydrogen (secondary N) is 1. The number of nitrogens with zero attached hydrogens (tertiary/aromatic N) is 2. The molecule has 0 amide bonds. The van der Waals surface area contributed by atoms with Crippen LogP contribution in [0.1, 0.15) is 12.5 Å². The minimum Gasteiger partial charge on any atom is -0.404 e. The summed E-state index contributed by atoms with van der Waals surface area (Å²) in [6.07, 6.45) is 9.41. The Kier molecular flexibility index (Phi) is 6.32. The smallest absolute Gasteiger partial charge is 0.101 e. The molecule has 0 spiro atoms. The lowest BCUT2D eigenvalue weighted by Crippen LogP contribution is -2.28. The van der Waals surface area contributed by atoms with Gasteiger partial charge in [-0.15, -0.1) is 0 Å². The fraction of sp³-hybridized carbons (Fsp3) is 0.0571. The first kappa shape index (κ1) is 24.1. The van der Waals surface area contributed by atoms with Gasteiger partial charge in [-0.25, -0.2) is 0 Å². The van der Waals surface area contributed by atoms with Crippen LogP contribution in [0, 0.1) is 11.3 Å². The second-order valence-corrected chi connectivity index (χ2v) is 9.71. The van der Waals surface area contributed by atoms with Gasteiger partial charge >= 0.3 is 0 Å². The lowest BCUT2D eigenvalue weighted by atomic mass is 10.00. The molecule has 4 nitrogen and oxygen atoms in total. The van der Waals surface area contributed by atoms with Crippen LogP contribution in [0.3, 0.4) is 0 Å². The van der Waals surface area contributed by atoms with Crippen LogP contribution in [0.2, 0.25) is 0 Å². The molecule has 0 fully saturated rings. The Morgan fingerprint density at radius 2 is 1.49 bits per heavy atom. The third-order valence-electron chi connectivity index (χ3n) is 7.26. The summed E-state index contributed by atoms with van der Waals surface area (Å²) in [5.41, 5.74) is 15.0. The molecule has 2 heterocycles. The van der Waals surface area contributed by atoms with E-state index in [9.17, 15) is 5.26 Å². The summed E-state index contributed by atoms with van der Waals surface area (Å²) in [5, 5.41) is 15.3. The summed E-state index contributed by atoms with van der Waals surface area (Å²) in [6, 6.07) is 36.5. The maximum Gasteiger partial charge on any atom is 0.101 e. The summed E-state index contributed by atoms with van der Waals surface area (Å²) in [5.74, 6) is 0. The van der Waals surface area contributed by atoms with Gasteiger partial charge in [0.05, 0.1) is 22.6 Å². The Morgan fingerprint density at radius 3 is 2.15 bits per heavy atom. The standard InChI is InChI=1S/C35H28N4/c1-24(19-25(22-36)23-37)32-13-8-14-33(38-32)28-16-18-31-30-17-15-27(26-9-4-2-5-10-26)20-34(30)39(35(31)21-28)29-11-6-3-7-12-29/h2-22,32,38H,36H2,1H3/b24-19+,25-22+. The molecule has 0 saturated carbocycles. The van der Waals surface area contributed by atoms with Gasteiger partial charge in [-0.3, -0.25) is 0 Å². The number of nitriles is 1. The van der Waals surface area contributed by atoms with Gasteiger partial charge < -0.3 is 15.6 Å². The number of para-hydroxylation sites is 1. The summed E-state index contributed by atoms with van der Waals surface area (Å²) < 4.78 is 2.35. The topological polar surface area (TPSA) is 66.8 Å². The van der Waals surface area contributed by atoms with Crippen molar-refractivity contribution in [2.75, 3.05) is 0 Å². The van der Waals surface area contributed by atoms with Gasteiger partial charge in [0.15, 0.2) is 0 Å². The first-order valence-corrected chi connectivity index (χ1v) is 13.0. The van der Waals surface area contributed by atoms with Crippen molar-refractivity contribution in [1.82, 2.24) is 9.88 Å². The quantitative estimate of drug-likeness (QED) is 0.191. The van der Waals surface area contributed by atoms with Crippen LogP contribution in [-0.2, 0) is 0 Å². The maximum atomic E-state index is 9.27. The van der Waals surface area contributed by atoms with E-state index in [1.165, 1.54) is 33.6 Å². The monoisotopic (exact) mass is 504 g/mol. The average Bonchev–Trinajstić information content (AvgIpc) is 3.33. The van der Waals surface area contributed by atoms with Crippen molar-refractivity contribution in [3.63, 3.8) is 0 Å². The second-order valence-electron chi connectivity index (χ2n) is 9.71. The molecule has 5 aromatic rings. The molecule has 1 aliphatic rings. The molecule has 3 N–H and O–H groups in total. The molecule has 188 valence electrons. The second kappa shape index (κ2) is 10.2. The highest BCUT2D eigenvalue weighted by molar-refractivity contribution is 6.10. The van der Waals surface area contributed by atoms with Crippen LogP contribution < -0.4 is 11.1 Å². The van der Waals surface area contributed by atoms with E-state index in [-0.39, 0.29) is 6.04 Å². The van der Waals surface area contributed by atoms with Gasteiger partial charge in [0.1, 0.15) is 6.07 Å². The Balaban J connectivity index is 1.48. The van der Waals surface area contributed by atoms with E-state index >= 15 is 0 Å². The summed E-state index contributed by atoms with van der Waals surface area (Å²) in [6.45, 7) is 2.01. The van der Waals surface area contributed by atoms with Crippen molar-refractivity contribution < 1.29 is 0 Å². The van der Waals surface area contributed by atoms with E-state index < -0.39 is 0 Å². The van der Waals surface area contributed by atoms with Crippen molar-refractivity contribution in [3.05, 3.63) is 144 Å². The van der Waals surface area contributed by atoms with Crippen molar-refractivity contribution in [2.24, 2.45) is 5.73 Å². The number of fused-ring (bicyclic) bond motifs is 3. The van der Waals surface area contributed by atoms with Crippen LogP contribution in [0.5, 0.6) is 0 Å². The highest BCUT2D eigenvalue weighted by Gasteiger charge is 2.17. The van der Waals surface area contributed by atoms with Crippen molar-refractivity contribution in [1.29, 1.82) is 5.26 Å². The molecule has 1 aliphatic heterocycles. The van der Waals surface area contributed by atoms with Gasteiger partial charge in [-0.2, -0.15) is 5.26 Å². The maximum absolute atomic E-state index is 9.27. The molecule has 0 aliphatic carbocycles. The van der Waals surface area contributed by atoms with Crippen LogP contribution in [0.15, 0.2) is 139 Å². The zero-order chi connectivity index (χ0) is 26.8. The number of nitrogens with two attached hydrogens (primary N) is 1. The molecule has 0 bridgehead atoms. The minimum absolute atomic E-state index is 0.0302. The van der Waals surface area contributed by atoms with Crippen LogP contribution in [0.4, 0.5) is 0 Å². The zero-order valence-corrected chi connectivity index (χ0v) is 21.7.